The lowest BCUT2D eigenvalue weighted by Crippen LogP contribution is -2.24. The van der Waals surface area contributed by atoms with Crippen molar-refractivity contribution in [3.63, 3.8) is 0 Å². The number of thiophene rings is 1. The minimum Gasteiger partial charge on any atom is -0.325 e. The van der Waals surface area contributed by atoms with Crippen LogP contribution in [0.25, 0.3) is 10.2 Å². The largest absolute Gasteiger partial charge is 0.325 e. The van der Waals surface area contributed by atoms with Gasteiger partial charge < -0.3 is 5.32 Å². The van der Waals surface area contributed by atoms with Crippen LogP contribution >= 0.6 is 23.1 Å². The van der Waals surface area contributed by atoms with E-state index >= 15 is 0 Å². The fraction of sp³-hybridized carbons (Fsp3) is 0.240. The summed E-state index contributed by atoms with van der Waals surface area (Å²) in [6.45, 7) is 2.42. The quantitative estimate of drug-likeness (QED) is 0.245. The Balaban J connectivity index is 1.48. The summed E-state index contributed by atoms with van der Waals surface area (Å²) in [5.41, 5.74) is 3.23. The number of carbonyl (C=O) groups excluding carboxylic acids is 1. The van der Waals surface area contributed by atoms with Crippen LogP contribution in [0.1, 0.15) is 30.9 Å². The van der Waals surface area contributed by atoms with E-state index in [0.29, 0.717) is 15.4 Å². The first kappa shape index (κ1) is 23.2. The van der Waals surface area contributed by atoms with Crippen molar-refractivity contribution in [1.82, 2.24) is 9.55 Å². The molecule has 0 spiro atoms. The molecular formula is C25H24FN3O2S2. The summed E-state index contributed by atoms with van der Waals surface area (Å²) in [7, 11) is 0. The van der Waals surface area contributed by atoms with E-state index < -0.39 is 0 Å². The minimum absolute atomic E-state index is 0.114. The van der Waals surface area contributed by atoms with Crippen LogP contribution in [0.2, 0.25) is 0 Å². The molecule has 8 heteroatoms. The van der Waals surface area contributed by atoms with Gasteiger partial charge in [0.25, 0.3) is 5.56 Å². The zero-order chi connectivity index (χ0) is 23.2. The minimum atomic E-state index is -0.331. The zero-order valence-electron chi connectivity index (χ0n) is 18.2. The molecule has 2 aromatic carbocycles. The standard InChI is InChI=1S/C25H24FN3O2S2/c1-2-3-4-17-7-11-20(12-8-17)27-22(30)16-33-25-28-21-13-14-32-23(21)24(31)29(25)15-18-5-9-19(26)10-6-18/h5-14H,2-4,15-16H2,1H3,(H,27,30). The third-order valence-corrected chi connectivity index (χ3v) is 7.04. The zero-order valence-corrected chi connectivity index (χ0v) is 19.8. The molecule has 0 fully saturated rings. The monoisotopic (exact) mass is 481 g/mol. The lowest BCUT2D eigenvalue weighted by Gasteiger charge is -2.12. The molecule has 2 heterocycles. The van der Waals surface area contributed by atoms with Crippen LogP contribution < -0.4 is 10.9 Å². The Bertz CT molecular complexity index is 1300. The Morgan fingerprint density at radius 3 is 2.55 bits per heavy atom. The highest BCUT2D eigenvalue weighted by Crippen LogP contribution is 2.22. The Labute approximate surface area is 199 Å². The van der Waals surface area contributed by atoms with Crippen LogP contribution in [-0.4, -0.2) is 21.2 Å². The Morgan fingerprint density at radius 2 is 1.82 bits per heavy atom. The van der Waals surface area contributed by atoms with Crippen molar-refractivity contribution in [2.75, 3.05) is 11.1 Å². The van der Waals surface area contributed by atoms with E-state index in [1.807, 2.05) is 29.6 Å². The smallest absolute Gasteiger partial charge is 0.272 e. The lowest BCUT2D eigenvalue weighted by molar-refractivity contribution is -0.113. The van der Waals surface area contributed by atoms with Gasteiger partial charge in [0.1, 0.15) is 10.5 Å². The van der Waals surface area contributed by atoms with Gasteiger partial charge >= 0.3 is 0 Å². The topological polar surface area (TPSA) is 64.0 Å². The second-order valence-electron chi connectivity index (χ2n) is 7.68. The van der Waals surface area contributed by atoms with E-state index in [-0.39, 0.29) is 29.6 Å². The molecule has 4 rings (SSSR count). The highest BCUT2D eigenvalue weighted by atomic mass is 32.2. The summed E-state index contributed by atoms with van der Waals surface area (Å²) in [4.78, 5) is 30.2. The van der Waals surface area contributed by atoms with Crippen molar-refractivity contribution in [3.05, 3.63) is 87.3 Å². The molecule has 2 aromatic heterocycles. The highest BCUT2D eigenvalue weighted by Gasteiger charge is 2.15. The number of hydrogen-bond donors (Lipinski definition) is 1. The van der Waals surface area contributed by atoms with Crippen LogP contribution in [0.15, 0.2) is 69.9 Å². The number of amides is 1. The number of rotatable bonds is 9. The predicted octanol–water partition coefficient (Wildman–Crippen LogP) is 5.72. The number of nitrogens with one attached hydrogen (secondary N) is 1. The van der Waals surface area contributed by atoms with Gasteiger partial charge in [-0.3, -0.25) is 14.2 Å². The van der Waals surface area contributed by atoms with E-state index in [9.17, 15) is 14.0 Å². The summed E-state index contributed by atoms with van der Waals surface area (Å²) >= 11 is 2.55. The molecule has 170 valence electrons. The number of benzene rings is 2. The summed E-state index contributed by atoms with van der Waals surface area (Å²) in [5, 5.41) is 5.19. The van der Waals surface area contributed by atoms with Crippen molar-refractivity contribution >= 4 is 44.9 Å². The molecule has 0 aliphatic carbocycles. The fourth-order valence-corrected chi connectivity index (χ4v) is 4.99. The summed E-state index contributed by atoms with van der Waals surface area (Å²) in [6, 6.07) is 15.7. The Morgan fingerprint density at radius 1 is 1.09 bits per heavy atom. The van der Waals surface area contributed by atoms with E-state index in [2.05, 4.69) is 17.2 Å². The van der Waals surface area contributed by atoms with Gasteiger partial charge in [-0.2, -0.15) is 0 Å². The molecule has 0 atom stereocenters. The number of anilines is 1. The maximum absolute atomic E-state index is 13.3. The third kappa shape index (κ3) is 5.89. The van der Waals surface area contributed by atoms with Gasteiger partial charge in [-0.05, 0) is 59.7 Å². The lowest BCUT2D eigenvalue weighted by atomic mass is 10.1. The van der Waals surface area contributed by atoms with Crippen molar-refractivity contribution < 1.29 is 9.18 Å². The molecule has 5 nitrogen and oxygen atoms in total. The maximum atomic E-state index is 13.3. The maximum Gasteiger partial charge on any atom is 0.272 e. The third-order valence-electron chi connectivity index (χ3n) is 5.17. The molecule has 1 amide bonds. The van der Waals surface area contributed by atoms with Crippen LogP contribution in [0.3, 0.4) is 0 Å². The summed E-state index contributed by atoms with van der Waals surface area (Å²) in [5.74, 6) is -0.389. The molecule has 0 radical (unpaired) electrons. The normalized spacial score (nSPS) is 11.1. The number of aryl methyl sites for hydroxylation is 1. The summed E-state index contributed by atoms with van der Waals surface area (Å²) in [6.07, 6.45) is 3.32. The van der Waals surface area contributed by atoms with Crippen molar-refractivity contribution in [2.45, 2.75) is 37.9 Å². The molecule has 0 bridgehead atoms. The van der Waals surface area contributed by atoms with E-state index in [4.69, 9.17) is 0 Å². The molecule has 0 saturated carbocycles. The van der Waals surface area contributed by atoms with Crippen molar-refractivity contribution in [2.24, 2.45) is 0 Å². The second-order valence-corrected chi connectivity index (χ2v) is 9.54. The number of thioether (sulfide) groups is 1. The van der Waals surface area contributed by atoms with E-state index in [0.717, 1.165) is 30.5 Å². The molecule has 0 aliphatic rings. The molecule has 4 aromatic rings. The van der Waals surface area contributed by atoms with Crippen LogP contribution in [0, 0.1) is 5.82 Å². The average molecular weight is 482 g/mol. The predicted molar refractivity (Wildman–Crippen MR) is 134 cm³/mol. The number of nitrogens with zero attached hydrogens (tertiary/aromatic N) is 2. The summed E-state index contributed by atoms with van der Waals surface area (Å²) < 4.78 is 15.4. The van der Waals surface area contributed by atoms with E-state index in [1.165, 1.54) is 40.8 Å². The van der Waals surface area contributed by atoms with Gasteiger partial charge in [-0.1, -0.05) is 49.4 Å². The number of aromatic nitrogens is 2. The van der Waals surface area contributed by atoms with Crippen molar-refractivity contribution in [3.8, 4) is 0 Å². The number of halogens is 1. The Kier molecular flexibility index (Phi) is 7.57. The van der Waals surface area contributed by atoms with Crippen LogP contribution in [0.4, 0.5) is 10.1 Å². The molecule has 0 aliphatic heterocycles. The number of hydrogen-bond acceptors (Lipinski definition) is 5. The molecule has 0 saturated heterocycles. The van der Waals surface area contributed by atoms with Crippen LogP contribution in [0.5, 0.6) is 0 Å². The Hall–Kier alpha value is -2.97. The van der Waals surface area contributed by atoms with Crippen LogP contribution in [-0.2, 0) is 17.8 Å². The van der Waals surface area contributed by atoms with Gasteiger partial charge in [0.15, 0.2) is 5.16 Å². The number of unbranched alkanes of at least 4 members (excludes halogenated alkanes) is 1. The average Bonchev–Trinajstić information content (AvgIpc) is 3.29. The molecular weight excluding hydrogens is 457 g/mol. The first-order valence-electron chi connectivity index (χ1n) is 10.8. The van der Waals surface area contributed by atoms with Gasteiger partial charge in [-0.15, -0.1) is 11.3 Å². The van der Waals surface area contributed by atoms with Gasteiger partial charge in [0, 0.05) is 5.69 Å². The van der Waals surface area contributed by atoms with Gasteiger partial charge in [0.2, 0.25) is 5.91 Å². The second kappa shape index (κ2) is 10.8. The SMILES string of the molecule is CCCCc1ccc(NC(=O)CSc2nc3ccsc3c(=O)n2Cc2ccc(F)cc2)cc1. The van der Waals surface area contributed by atoms with Gasteiger partial charge in [0.05, 0.1) is 17.8 Å². The van der Waals surface area contributed by atoms with Gasteiger partial charge in [-0.25, -0.2) is 9.37 Å². The number of fused-ring (bicyclic) bond motifs is 1. The molecule has 1 N–H and O–H groups in total. The fourth-order valence-electron chi connectivity index (χ4n) is 3.41. The van der Waals surface area contributed by atoms with Crippen molar-refractivity contribution in [1.29, 1.82) is 0 Å². The van der Waals surface area contributed by atoms with E-state index in [1.54, 1.807) is 22.8 Å². The first-order valence-corrected chi connectivity index (χ1v) is 12.6. The first-order chi connectivity index (χ1) is 16.0. The molecule has 33 heavy (non-hydrogen) atoms. The molecule has 0 unspecified atom stereocenters. The highest BCUT2D eigenvalue weighted by molar-refractivity contribution is 7.99. The number of carbonyl (C=O) groups is 1.